The van der Waals surface area contributed by atoms with Crippen LogP contribution in [0.25, 0.3) is 0 Å². The summed E-state index contributed by atoms with van der Waals surface area (Å²) in [6.45, 7) is 7.76. The number of anilines is 2. The molecule has 2 N–H and O–H groups in total. The quantitative estimate of drug-likeness (QED) is 0.0472. The van der Waals surface area contributed by atoms with Crippen molar-refractivity contribution in [3.8, 4) is 0 Å². The van der Waals surface area contributed by atoms with Gasteiger partial charge in [-0.2, -0.15) is 0 Å². The lowest BCUT2D eigenvalue weighted by Gasteiger charge is -2.24. The minimum absolute atomic E-state index is 0.0528. The van der Waals surface area contributed by atoms with Crippen molar-refractivity contribution in [3.63, 3.8) is 0 Å². The van der Waals surface area contributed by atoms with Crippen molar-refractivity contribution in [2.24, 2.45) is 4.99 Å². The first-order valence-corrected chi connectivity index (χ1v) is 23.0. The van der Waals surface area contributed by atoms with Crippen LogP contribution in [-0.2, 0) is 19.6 Å². The Kier molecular flexibility index (Phi) is 21.3. The molecule has 0 spiro atoms. The maximum atomic E-state index is 14.0. The summed E-state index contributed by atoms with van der Waals surface area (Å²) in [4.78, 5) is 33.8. The standard InChI is InChI=1S/C43H59Cl3N4O5S/c1-5-7-8-9-10-11-12-13-14-15-16-17-18-19-29-55-43(52)33-23-25-35(44)39(31-33)49-42(51)41(40-36(45)21-20-22-37(40)46)48-38-26-24-34(30-32(38)3)50(6-2)28-27-47-56(4,53)54/h20-26,30-31,47H,5-19,27-29H2,1-4H3,(H,49,51). The second kappa shape index (κ2) is 25.3. The Morgan fingerprint density at radius 2 is 1.36 bits per heavy atom. The highest BCUT2D eigenvalue weighted by Crippen LogP contribution is 2.31. The molecule has 3 aromatic rings. The van der Waals surface area contributed by atoms with Crippen LogP contribution in [-0.4, -0.2) is 58.5 Å². The van der Waals surface area contributed by atoms with Crippen LogP contribution in [0.5, 0.6) is 0 Å². The molecule has 3 rings (SSSR count). The van der Waals surface area contributed by atoms with Crippen molar-refractivity contribution in [1.29, 1.82) is 0 Å². The van der Waals surface area contributed by atoms with Gasteiger partial charge in [-0.05, 0) is 74.4 Å². The SMILES string of the molecule is CCCCCCCCCCCCCCCCOC(=O)c1ccc(Cl)c(NC(=O)C(=Nc2ccc(N(CC)CCNS(C)(=O)=O)cc2C)c2c(Cl)cccc2Cl)c1. The number of aryl methyl sites for hydroxylation is 1. The molecule has 0 saturated carbocycles. The minimum atomic E-state index is -3.31. The molecule has 308 valence electrons. The van der Waals surface area contributed by atoms with E-state index in [1.54, 1.807) is 30.3 Å². The van der Waals surface area contributed by atoms with Crippen molar-refractivity contribution in [3.05, 3.63) is 86.4 Å². The van der Waals surface area contributed by atoms with E-state index in [4.69, 9.17) is 44.5 Å². The Balaban J connectivity index is 1.62. The molecule has 0 aliphatic rings. The largest absolute Gasteiger partial charge is 0.462 e. The summed E-state index contributed by atoms with van der Waals surface area (Å²) in [5.74, 6) is -1.14. The molecule has 0 aliphatic heterocycles. The van der Waals surface area contributed by atoms with Crippen LogP contribution < -0.4 is 14.9 Å². The van der Waals surface area contributed by atoms with E-state index >= 15 is 0 Å². The fraction of sp³-hybridized carbons (Fsp3) is 0.512. The van der Waals surface area contributed by atoms with Crippen molar-refractivity contribution in [2.75, 3.05) is 42.7 Å². The third kappa shape index (κ3) is 16.8. The molecular weight excluding hydrogens is 791 g/mol. The van der Waals surface area contributed by atoms with E-state index in [2.05, 4.69) is 17.0 Å². The number of amides is 1. The molecule has 0 aromatic heterocycles. The van der Waals surface area contributed by atoms with Gasteiger partial charge in [0.2, 0.25) is 10.0 Å². The maximum absolute atomic E-state index is 14.0. The number of benzene rings is 3. The topological polar surface area (TPSA) is 117 Å². The highest BCUT2D eigenvalue weighted by atomic mass is 35.5. The average Bonchev–Trinajstić information content (AvgIpc) is 3.15. The van der Waals surface area contributed by atoms with Gasteiger partial charge in [0.1, 0.15) is 5.71 Å². The van der Waals surface area contributed by atoms with Gasteiger partial charge in [-0.15, -0.1) is 0 Å². The molecule has 9 nitrogen and oxygen atoms in total. The summed E-state index contributed by atoms with van der Waals surface area (Å²) < 4.78 is 31.2. The van der Waals surface area contributed by atoms with Gasteiger partial charge in [-0.3, -0.25) is 4.79 Å². The molecule has 0 saturated heterocycles. The third-order valence-corrected chi connectivity index (χ3v) is 11.2. The number of unbranched alkanes of at least 4 members (excludes halogenated alkanes) is 13. The molecule has 0 atom stereocenters. The zero-order valence-corrected chi connectivity index (χ0v) is 36.5. The maximum Gasteiger partial charge on any atom is 0.338 e. The molecule has 13 heteroatoms. The predicted octanol–water partition coefficient (Wildman–Crippen LogP) is 11.7. The van der Waals surface area contributed by atoms with Crippen LogP contribution in [0, 0.1) is 6.92 Å². The van der Waals surface area contributed by atoms with Gasteiger partial charge in [0.15, 0.2) is 0 Å². The Labute approximate surface area is 350 Å². The van der Waals surface area contributed by atoms with E-state index in [0.717, 1.165) is 36.8 Å². The number of nitrogens with one attached hydrogen (secondary N) is 2. The molecular formula is C43H59Cl3N4O5S. The van der Waals surface area contributed by atoms with Crippen LogP contribution in [0.2, 0.25) is 15.1 Å². The first-order valence-electron chi connectivity index (χ1n) is 20.0. The summed E-state index contributed by atoms with van der Waals surface area (Å²) in [7, 11) is -3.31. The van der Waals surface area contributed by atoms with Gasteiger partial charge in [0, 0.05) is 30.9 Å². The summed E-state index contributed by atoms with van der Waals surface area (Å²) in [6.07, 6.45) is 18.6. The van der Waals surface area contributed by atoms with Crippen LogP contribution in [0.15, 0.2) is 59.6 Å². The van der Waals surface area contributed by atoms with Gasteiger partial charge in [0.25, 0.3) is 5.91 Å². The first-order chi connectivity index (χ1) is 26.8. The third-order valence-electron chi connectivity index (χ3n) is 9.50. The van der Waals surface area contributed by atoms with E-state index in [0.29, 0.717) is 25.4 Å². The number of nitrogens with zero attached hydrogens (tertiary/aromatic N) is 2. The number of halogens is 3. The van der Waals surface area contributed by atoms with Crippen LogP contribution in [0.1, 0.15) is 125 Å². The number of aliphatic imine (C=N–C) groups is 1. The fourth-order valence-corrected chi connectivity index (χ4v) is 7.54. The van der Waals surface area contributed by atoms with Crippen LogP contribution in [0.3, 0.4) is 0 Å². The molecule has 3 aromatic carbocycles. The van der Waals surface area contributed by atoms with E-state index in [-0.39, 0.29) is 44.1 Å². The Hall–Kier alpha value is -3.15. The van der Waals surface area contributed by atoms with E-state index < -0.39 is 21.9 Å². The van der Waals surface area contributed by atoms with Gasteiger partial charge < -0.3 is 15.0 Å². The second-order valence-electron chi connectivity index (χ2n) is 14.2. The number of carbonyl (C=O) groups is 2. The number of ether oxygens (including phenoxy) is 1. The van der Waals surface area contributed by atoms with Crippen molar-refractivity contribution >= 4 is 79.5 Å². The number of carbonyl (C=O) groups excluding carboxylic acids is 2. The van der Waals surface area contributed by atoms with Gasteiger partial charge >= 0.3 is 5.97 Å². The summed E-state index contributed by atoms with van der Waals surface area (Å²) >= 11 is 19.7. The van der Waals surface area contributed by atoms with Crippen molar-refractivity contribution in [2.45, 2.75) is 111 Å². The number of rotatable bonds is 26. The van der Waals surface area contributed by atoms with E-state index in [1.165, 1.54) is 82.8 Å². The number of likely N-dealkylation sites (N-methyl/N-ethyl adjacent to an activating group) is 1. The van der Waals surface area contributed by atoms with Crippen molar-refractivity contribution in [1.82, 2.24) is 4.72 Å². The smallest absolute Gasteiger partial charge is 0.338 e. The highest BCUT2D eigenvalue weighted by molar-refractivity contribution is 7.88. The minimum Gasteiger partial charge on any atom is -0.462 e. The molecule has 0 bridgehead atoms. The lowest BCUT2D eigenvalue weighted by atomic mass is 10.0. The molecule has 1 amide bonds. The van der Waals surface area contributed by atoms with Crippen LogP contribution >= 0.6 is 34.8 Å². The van der Waals surface area contributed by atoms with Gasteiger partial charge in [0.05, 0.1) is 44.9 Å². The Morgan fingerprint density at radius 3 is 1.91 bits per heavy atom. The predicted molar refractivity (Wildman–Crippen MR) is 235 cm³/mol. The first kappa shape index (κ1) is 47.2. The van der Waals surface area contributed by atoms with Crippen LogP contribution in [0.4, 0.5) is 17.1 Å². The number of hydrogen-bond acceptors (Lipinski definition) is 7. The molecule has 0 heterocycles. The molecule has 0 unspecified atom stereocenters. The molecule has 0 radical (unpaired) electrons. The van der Waals surface area contributed by atoms with E-state index in [1.807, 2.05) is 30.9 Å². The normalized spacial score (nSPS) is 11.8. The Morgan fingerprint density at radius 1 is 0.768 bits per heavy atom. The summed E-state index contributed by atoms with van der Waals surface area (Å²) in [6, 6.07) is 15.0. The summed E-state index contributed by atoms with van der Waals surface area (Å²) in [5.41, 5.74) is 2.75. The Bertz CT molecular complexity index is 1830. The zero-order valence-electron chi connectivity index (χ0n) is 33.4. The van der Waals surface area contributed by atoms with Crippen molar-refractivity contribution < 1.29 is 22.7 Å². The average molecular weight is 850 g/mol. The summed E-state index contributed by atoms with van der Waals surface area (Å²) in [5, 5.41) is 3.47. The van der Waals surface area contributed by atoms with Gasteiger partial charge in [-0.25, -0.2) is 22.9 Å². The molecule has 56 heavy (non-hydrogen) atoms. The van der Waals surface area contributed by atoms with Gasteiger partial charge in [-0.1, -0.05) is 131 Å². The lowest BCUT2D eigenvalue weighted by Crippen LogP contribution is -2.34. The number of hydrogen-bond donors (Lipinski definition) is 2. The monoisotopic (exact) mass is 848 g/mol. The number of esters is 1. The number of sulfonamides is 1. The molecule has 0 fully saturated rings. The second-order valence-corrected chi connectivity index (χ2v) is 17.2. The zero-order chi connectivity index (χ0) is 40.9. The lowest BCUT2D eigenvalue weighted by molar-refractivity contribution is -0.110. The highest BCUT2D eigenvalue weighted by Gasteiger charge is 2.23. The fourth-order valence-electron chi connectivity index (χ4n) is 6.34. The van der Waals surface area contributed by atoms with E-state index in [9.17, 15) is 18.0 Å². The molecule has 0 aliphatic carbocycles.